The molecule has 0 bridgehead atoms. The normalized spacial score (nSPS) is 15.3. The average Bonchev–Trinajstić information content (AvgIpc) is 2.85. The number of nitrogens with zero attached hydrogens (tertiary/aromatic N) is 5. The van der Waals surface area contributed by atoms with Gasteiger partial charge in [-0.25, -0.2) is 15.0 Å². The molecule has 18 heavy (non-hydrogen) atoms. The van der Waals surface area contributed by atoms with Crippen LogP contribution in [0, 0.1) is 0 Å². The molecule has 0 spiro atoms. The SMILES string of the molecule is ON1Cc2nc(-c3ncccn3)n(C(F)F)c2C1. The van der Waals surface area contributed by atoms with Crippen LogP contribution in [0.1, 0.15) is 17.9 Å². The first-order valence-electron chi connectivity index (χ1n) is 5.26. The van der Waals surface area contributed by atoms with Gasteiger partial charge in [0.2, 0.25) is 0 Å². The number of halogens is 2. The minimum absolute atomic E-state index is 0.0273. The molecule has 94 valence electrons. The molecule has 1 aliphatic heterocycles. The molecule has 0 aliphatic carbocycles. The summed E-state index contributed by atoms with van der Waals surface area (Å²) in [5.41, 5.74) is 0.732. The van der Waals surface area contributed by atoms with Crippen LogP contribution in [0.25, 0.3) is 11.6 Å². The summed E-state index contributed by atoms with van der Waals surface area (Å²) >= 11 is 0. The lowest BCUT2D eigenvalue weighted by Gasteiger charge is -2.10. The fourth-order valence-electron chi connectivity index (χ4n) is 1.99. The van der Waals surface area contributed by atoms with Crippen LogP contribution in [0.2, 0.25) is 0 Å². The van der Waals surface area contributed by atoms with E-state index >= 15 is 0 Å². The molecule has 3 rings (SSSR count). The highest BCUT2D eigenvalue weighted by Crippen LogP contribution is 2.30. The van der Waals surface area contributed by atoms with E-state index in [4.69, 9.17) is 0 Å². The Kier molecular flexibility index (Phi) is 2.53. The van der Waals surface area contributed by atoms with Gasteiger partial charge in [0.15, 0.2) is 11.6 Å². The summed E-state index contributed by atoms with van der Waals surface area (Å²) < 4.78 is 27.0. The van der Waals surface area contributed by atoms with Crippen molar-refractivity contribution in [3.8, 4) is 11.6 Å². The standard InChI is InChI=1S/C10H9F2N5O/c11-10(12)17-7-5-16(18)4-6(7)15-9(17)8-13-2-1-3-14-8/h1-3,10,18H,4-5H2. The summed E-state index contributed by atoms with van der Waals surface area (Å²) in [5.74, 6) is 0.181. The van der Waals surface area contributed by atoms with Gasteiger partial charge in [0.25, 0.3) is 0 Å². The third kappa shape index (κ3) is 1.66. The zero-order chi connectivity index (χ0) is 12.7. The van der Waals surface area contributed by atoms with Crippen LogP contribution >= 0.6 is 0 Å². The van der Waals surface area contributed by atoms with Crippen molar-refractivity contribution in [2.24, 2.45) is 0 Å². The number of hydroxylamine groups is 2. The fraction of sp³-hybridized carbons (Fsp3) is 0.300. The third-order valence-corrected chi connectivity index (χ3v) is 2.72. The minimum atomic E-state index is -2.74. The van der Waals surface area contributed by atoms with Crippen molar-refractivity contribution in [2.45, 2.75) is 19.6 Å². The maximum Gasteiger partial charge on any atom is 0.320 e. The molecule has 0 saturated carbocycles. The van der Waals surface area contributed by atoms with Crippen molar-refractivity contribution < 1.29 is 14.0 Å². The van der Waals surface area contributed by atoms with E-state index in [0.717, 1.165) is 9.63 Å². The van der Waals surface area contributed by atoms with Gasteiger partial charge in [0.05, 0.1) is 24.5 Å². The number of imidazole rings is 1. The molecule has 8 heteroatoms. The molecule has 1 aliphatic rings. The largest absolute Gasteiger partial charge is 0.320 e. The number of aromatic nitrogens is 4. The van der Waals surface area contributed by atoms with Gasteiger partial charge in [-0.1, -0.05) is 0 Å². The Bertz CT molecular complexity index is 571. The lowest BCUT2D eigenvalue weighted by molar-refractivity contribution is -0.0995. The van der Waals surface area contributed by atoms with E-state index in [9.17, 15) is 14.0 Å². The van der Waals surface area contributed by atoms with Crippen molar-refractivity contribution in [1.29, 1.82) is 0 Å². The van der Waals surface area contributed by atoms with Crippen LogP contribution in [0.4, 0.5) is 8.78 Å². The van der Waals surface area contributed by atoms with Gasteiger partial charge in [-0.05, 0) is 6.07 Å². The quantitative estimate of drug-likeness (QED) is 0.877. The molecule has 1 N–H and O–H groups in total. The molecule has 0 aromatic carbocycles. The Morgan fingerprint density at radius 2 is 1.94 bits per heavy atom. The van der Waals surface area contributed by atoms with E-state index < -0.39 is 6.55 Å². The van der Waals surface area contributed by atoms with Crippen LogP contribution < -0.4 is 0 Å². The molecule has 0 amide bonds. The molecular formula is C10H9F2N5O. The van der Waals surface area contributed by atoms with Crippen LogP contribution in [0.3, 0.4) is 0 Å². The lowest BCUT2D eigenvalue weighted by Crippen LogP contribution is -2.14. The molecule has 0 unspecified atom stereocenters. The van der Waals surface area contributed by atoms with Crippen LogP contribution in [-0.2, 0) is 13.1 Å². The maximum atomic E-state index is 13.1. The molecule has 3 heterocycles. The number of alkyl halides is 2. The van der Waals surface area contributed by atoms with Gasteiger partial charge in [-0.15, -0.1) is 0 Å². The summed E-state index contributed by atoms with van der Waals surface area (Å²) in [6.07, 6.45) is 2.94. The lowest BCUT2D eigenvalue weighted by atomic mass is 10.4. The second kappa shape index (κ2) is 4.07. The number of rotatable bonds is 2. The topological polar surface area (TPSA) is 67.1 Å². The smallest absolute Gasteiger partial charge is 0.313 e. The highest BCUT2D eigenvalue weighted by Gasteiger charge is 2.30. The van der Waals surface area contributed by atoms with E-state index in [1.54, 1.807) is 6.07 Å². The van der Waals surface area contributed by atoms with E-state index in [1.165, 1.54) is 12.4 Å². The van der Waals surface area contributed by atoms with Crippen molar-refractivity contribution in [1.82, 2.24) is 24.6 Å². The summed E-state index contributed by atoms with van der Waals surface area (Å²) in [7, 11) is 0. The molecular weight excluding hydrogens is 244 g/mol. The van der Waals surface area contributed by atoms with Crippen molar-refractivity contribution in [3.05, 3.63) is 29.8 Å². The van der Waals surface area contributed by atoms with E-state index in [1.807, 2.05) is 0 Å². The van der Waals surface area contributed by atoms with Crippen LogP contribution in [0.5, 0.6) is 0 Å². The van der Waals surface area contributed by atoms with E-state index in [2.05, 4.69) is 15.0 Å². The summed E-state index contributed by atoms with van der Waals surface area (Å²) in [6.45, 7) is -2.58. The molecule has 0 atom stereocenters. The Morgan fingerprint density at radius 1 is 1.22 bits per heavy atom. The first kappa shape index (κ1) is 11.2. The molecule has 0 saturated heterocycles. The number of hydrogen-bond acceptors (Lipinski definition) is 5. The third-order valence-electron chi connectivity index (χ3n) is 2.72. The predicted molar refractivity (Wildman–Crippen MR) is 55.5 cm³/mol. The highest BCUT2D eigenvalue weighted by atomic mass is 19.3. The Balaban J connectivity index is 2.15. The molecule has 2 aromatic heterocycles. The maximum absolute atomic E-state index is 13.1. The predicted octanol–water partition coefficient (Wildman–Crippen LogP) is 1.44. The summed E-state index contributed by atoms with van der Waals surface area (Å²) in [4.78, 5) is 11.9. The van der Waals surface area contributed by atoms with Crippen LogP contribution in [-0.4, -0.2) is 29.8 Å². The van der Waals surface area contributed by atoms with Crippen molar-refractivity contribution in [2.75, 3.05) is 0 Å². The number of fused-ring (bicyclic) bond motifs is 1. The van der Waals surface area contributed by atoms with Gasteiger partial charge < -0.3 is 5.21 Å². The molecule has 0 radical (unpaired) electrons. The number of hydrogen-bond donors (Lipinski definition) is 1. The van der Waals surface area contributed by atoms with Crippen LogP contribution in [0.15, 0.2) is 18.5 Å². The van der Waals surface area contributed by atoms with Crippen molar-refractivity contribution >= 4 is 0 Å². The van der Waals surface area contributed by atoms with Gasteiger partial charge in [0.1, 0.15) is 0 Å². The molecule has 6 nitrogen and oxygen atoms in total. The van der Waals surface area contributed by atoms with E-state index in [-0.39, 0.29) is 24.7 Å². The first-order chi connectivity index (χ1) is 8.66. The molecule has 2 aromatic rings. The first-order valence-corrected chi connectivity index (χ1v) is 5.26. The zero-order valence-corrected chi connectivity index (χ0v) is 9.16. The van der Waals surface area contributed by atoms with Crippen molar-refractivity contribution in [3.63, 3.8) is 0 Å². The Morgan fingerprint density at radius 3 is 2.61 bits per heavy atom. The fourth-order valence-corrected chi connectivity index (χ4v) is 1.99. The zero-order valence-electron chi connectivity index (χ0n) is 9.16. The Hall–Kier alpha value is -1.93. The summed E-state index contributed by atoms with van der Waals surface area (Å²) in [5, 5.41) is 10.2. The minimum Gasteiger partial charge on any atom is -0.313 e. The van der Waals surface area contributed by atoms with E-state index in [0.29, 0.717) is 11.4 Å². The highest BCUT2D eigenvalue weighted by molar-refractivity contribution is 5.47. The summed E-state index contributed by atoms with van der Waals surface area (Å²) in [6, 6.07) is 1.60. The van der Waals surface area contributed by atoms with Gasteiger partial charge in [0, 0.05) is 12.4 Å². The average molecular weight is 253 g/mol. The van der Waals surface area contributed by atoms with Gasteiger partial charge in [-0.2, -0.15) is 13.8 Å². The monoisotopic (exact) mass is 253 g/mol. The van der Waals surface area contributed by atoms with Gasteiger partial charge >= 0.3 is 6.55 Å². The van der Waals surface area contributed by atoms with Gasteiger partial charge in [-0.3, -0.25) is 4.57 Å². The second-order valence-electron chi connectivity index (χ2n) is 3.87. The Labute approximate surface area is 100 Å². The second-order valence-corrected chi connectivity index (χ2v) is 3.87. The molecule has 0 fully saturated rings.